The molecule has 0 radical (unpaired) electrons. The van der Waals surface area contributed by atoms with E-state index in [2.05, 4.69) is 53.6 Å². The number of β-lactam (4-membered cyclic amide) rings is 1. The molecule has 0 aromatic heterocycles. The molecule has 1 aliphatic heterocycles. The van der Waals surface area contributed by atoms with Gasteiger partial charge in [0, 0.05) is 0 Å². The third-order valence-corrected chi connectivity index (χ3v) is 10.7. The SMILES string of the molecule is CC(O[Si](C)(C)C(C)(C)C)C1C(=O)N(CC(=O)O)C1[S][Ag]. The van der Waals surface area contributed by atoms with Crippen LogP contribution in [-0.4, -0.2) is 48.2 Å². The first-order chi connectivity index (χ1) is 9.42. The van der Waals surface area contributed by atoms with E-state index >= 15 is 0 Å². The summed E-state index contributed by atoms with van der Waals surface area (Å²) in [4.78, 5) is 24.4. The average Bonchev–Trinajstić information content (AvgIpc) is 2.29. The Labute approximate surface area is 142 Å². The first-order valence-corrected chi connectivity index (χ1v) is 12.3. The van der Waals surface area contributed by atoms with Crippen LogP contribution < -0.4 is 0 Å². The number of hydrogen-bond donors (Lipinski definition) is 1. The van der Waals surface area contributed by atoms with Crippen LogP contribution in [0.5, 0.6) is 0 Å². The van der Waals surface area contributed by atoms with Gasteiger partial charge in [0.1, 0.15) is 0 Å². The van der Waals surface area contributed by atoms with Gasteiger partial charge in [-0.15, -0.1) is 0 Å². The van der Waals surface area contributed by atoms with Gasteiger partial charge in [-0.05, 0) is 0 Å². The number of carbonyl (C=O) groups is 2. The van der Waals surface area contributed by atoms with E-state index in [1.54, 1.807) is 0 Å². The molecular formula is C13H24AgNO4SSi. The Hall–Kier alpha value is 0.207. The third kappa shape index (κ3) is 4.14. The summed E-state index contributed by atoms with van der Waals surface area (Å²) >= 11 is 3.32. The van der Waals surface area contributed by atoms with E-state index in [1.165, 1.54) is 14.1 Å². The van der Waals surface area contributed by atoms with Crippen molar-refractivity contribution in [1.29, 1.82) is 0 Å². The molecule has 5 nitrogen and oxygen atoms in total. The van der Waals surface area contributed by atoms with Gasteiger partial charge in [-0.1, -0.05) is 0 Å². The molecule has 126 valence electrons. The van der Waals surface area contributed by atoms with Crippen molar-refractivity contribution in [3.05, 3.63) is 0 Å². The van der Waals surface area contributed by atoms with Gasteiger partial charge in [0.15, 0.2) is 0 Å². The Balaban J connectivity index is 2.78. The molecule has 8 heteroatoms. The zero-order valence-corrected chi connectivity index (χ0v) is 16.6. The van der Waals surface area contributed by atoms with Gasteiger partial charge >= 0.3 is 143 Å². The second kappa shape index (κ2) is 6.76. The van der Waals surface area contributed by atoms with E-state index in [0.29, 0.717) is 0 Å². The second-order valence-corrected chi connectivity index (χ2v) is 13.4. The zero-order chi connectivity index (χ0) is 16.6. The Morgan fingerprint density at radius 2 is 2.05 bits per heavy atom. The molecule has 1 rings (SSSR count). The van der Waals surface area contributed by atoms with Gasteiger partial charge in [0.2, 0.25) is 0 Å². The van der Waals surface area contributed by atoms with Gasteiger partial charge in [-0.25, -0.2) is 0 Å². The molecule has 0 aromatic rings. The van der Waals surface area contributed by atoms with Crippen LogP contribution in [0.1, 0.15) is 27.7 Å². The molecule has 0 aromatic carbocycles. The fourth-order valence-electron chi connectivity index (χ4n) is 2.09. The summed E-state index contributed by atoms with van der Waals surface area (Å²) < 4.78 is 6.27. The Kier molecular flexibility index (Phi) is 6.20. The van der Waals surface area contributed by atoms with E-state index in [-0.39, 0.29) is 34.9 Å². The van der Waals surface area contributed by atoms with Gasteiger partial charge in [0.05, 0.1) is 0 Å². The van der Waals surface area contributed by atoms with E-state index < -0.39 is 14.3 Å². The predicted molar refractivity (Wildman–Crippen MR) is 82.0 cm³/mol. The molecule has 1 saturated heterocycles. The number of carbonyl (C=O) groups excluding carboxylic acids is 1. The van der Waals surface area contributed by atoms with Crippen LogP contribution in [0.2, 0.25) is 18.1 Å². The molecule has 0 aliphatic carbocycles. The Bertz CT molecular complexity index is 427. The van der Waals surface area contributed by atoms with Crippen LogP contribution in [0, 0.1) is 5.92 Å². The van der Waals surface area contributed by atoms with Crippen LogP contribution in [-0.2, 0) is 33.8 Å². The van der Waals surface area contributed by atoms with Crippen molar-refractivity contribution in [1.82, 2.24) is 4.90 Å². The van der Waals surface area contributed by atoms with E-state index in [1.807, 2.05) is 6.92 Å². The molecule has 1 heterocycles. The summed E-state index contributed by atoms with van der Waals surface area (Å²) in [7, 11) is -0.628. The zero-order valence-electron chi connectivity index (χ0n) is 13.3. The second-order valence-electron chi connectivity index (χ2n) is 6.93. The average molecular weight is 426 g/mol. The number of amides is 1. The minimum absolute atomic E-state index is 0.0751. The summed E-state index contributed by atoms with van der Waals surface area (Å²) in [5, 5.41) is 8.74. The van der Waals surface area contributed by atoms with Crippen LogP contribution in [0.3, 0.4) is 0 Å². The molecule has 3 atom stereocenters. The summed E-state index contributed by atoms with van der Waals surface area (Å²) in [6, 6.07) is 0. The molecule has 3 unspecified atom stereocenters. The predicted octanol–water partition coefficient (Wildman–Crippen LogP) is 2.46. The van der Waals surface area contributed by atoms with Crippen molar-refractivity contribution >= 4 is 29.4 Å². The fourth-order valence-corrected chi connectivity index (χ4v) is 5.42. The van der Waals surface area contributed by atoms with Crippen molar-refractivity contribution in [3.63, 3.8) is 0 Å². The van der Waals surface area contributed by atoms with Crippen LogP contribution >= 0.6 is 9.23 Å². The van der Waals surface area contributed by atoms with Gasteiger partial charge < -0.3 is 0 Å². The third-order valence-electron chi connectivity index (χ3n) is 4.35. The molecule has 0 spiro atoms. The monoisotopic (exact) mass is 425 g/mol. The first kappa shape index (κ1) is 19.3. The van der Waals surface area contributed by atoms with Crippen molar-refractivity contribution in [2.24, 2.45) is 5.92 Å². The summed E-state index contributed by atoms with van der Waals surface area (Å²) in [6.45, 7) is 12.4. The number of rotatable bonds is 6. The maximum absolute atomic E-state index is 12.2. The Morgan fingerprint density at radius 1 is 1.52 bits per heavy atom. The number of carboxylic acid groups (broad SMARTS) is 1. The minimum atomic E-state index is -1.95. The van der Waals surface area contributed by atoms with Crippen molar-refractivity contribution in [3.8, 4) is 0 Å². The normalized spacial score (nSPS) is 24.8. The quantitative estimate of drug-likeness (QED) is 0.522. The molecule has 0 saturated carbocycles. The van der Waals surface area contributed by atoms with Gasteiger partial charge in [-0.2, -0.15) is 0 Å². The topological polar surface area (TPSA) is 66.8 Å². The van der Waals surface area contributed by atoms with Crippen LogP contribution in [0.15, 0.2) is 0 Å². The van der Waals surface area contributed by atoms with E-state index in [4.69, 9.17) is 9.53 Å². The summed E-state index contributed by atoms with van der Waals surface area (Å²) in [5.74, 6) is -1.42. The van der Waals surface area contributed by atoms with Crippen LogP contribution in [0.4, 0.5) is 0 Å². The number of likely N-dealkylation sites (tertiary alicyclic amines) is 1. The number of aliphatic carboxylic acids is 1. The number of hydrogen-bond acceptors (Lipinski definition) is 4. The molecule has 1 aliphatic rings. The number of nitrogens with zero attached hydrogens (tertiary/aromatic N) is 1. The van der Waals surface area contributed by atoms with Crippen molar-refractivity contribution in [2.75, 3.05) is 6.54 Å². The molecule has 21 heavy (non-hydrogen) atoms. The summed E-state index contributed by atoms with van der Waals surface area (Å²) in [6.07, 6.45) is -0.210. The van der Waals surface area contributed by atoms with E-state index in [0.717, 1.165) is 0 Å². The molecule has 0 bridgehead atoms. The van der Waals surface area contributed by atoms with Crippen LogP contribution in [0.25, 0.3) is 0 Å². The fraction of sp³-hybridized carbons (Fsp3) is 0.846. The molecular weight excluding hydrogens is 402 g/mol. The number of carboxylic acids is 1. The van der Waals surface area contributed by atoms with Crippen molar-refractivity contribution in [2.45, 2.75) is 57.3 Å². The van der Waals surface area contributed by atoms with Gasteiger partial charge in [-0.3, -0.25) is 0 Å². The standard InChI is InChI=1S/C13H25NO4SSi.Ag/c1-8(18-20(5,6)13(2,3)4)10-11(17)14(12(10)19)7-9(15)16;/h8,10,12,19H,7H2,1-6H3,(H,15,16);/q;+1/p-1. The summed E-state index contributed by atoms with van der Waals surface area (Å²) in [5.41, 5.74) is 0. The molecule has 1 amide bonds. The molecule has 1 N–H and O–H groups in total. The Morgan fingerprint density at radius 3 is 2.43 bits per heavy atom. The van der Waals surface area contributed by atoms with Crippen molar-refractivity contribution < 1.29 is 38.9 Å². The van der Waals surface area contributed by atoms with Gasteiger partial charge in [0.25, 0.3) is 0 Å². The van der Waals surface area contributed by atoms with E-state index in [9.17, 15) is 9.59 Å². The first-order valence-electron chi connectivity index (χ1n) is 6.86. The molecule has 1 fully saturated rings. The maximum atomic E-state index is 12.2.